The van der Waals surface area contributed by atoms with Crippen molar-refractivity contribution < 1.29 is 4.42 Å². The van der Waals surface area contributed by atoms with Crippen LogP contribution in [0.1, 0.15) is 25.3 Å². The van der Waals surface area contributed by atoms with Gasteiger partial charge in [0.05, 0.1) is 0 Å². The molecular formula is C25H20O. The summed E-state index contributed by atoms with van der Waals surface area (Å²) in [6.45, 7) is 4.42. The molecule has 0 saturated carbocycles. The first-order valence-electron chi connectivity index (χ1n) is 9.15. The summed E-state index contributed by atoms with van der Waals surface area (Å²) in [4.78, 5) is 0. The highest BCUT2D eigenvalue weighted by molar-refractivity contribution is 6.07. The van der Waals surface area contributed by atoms with Crippen LogP contribution in [0.2, 0.25) is 0 Å². The molecule has 5 aromatic rings. The SMILES string of the molecule is CC(C)c1cccc2c1oc1ccc(-c3ccc4ccccc4c3)cc12. The molecule has 1 heterocycles. The Morgan fingerprint density at radius 3 is 2.27 bits per heavy atom. The Morgan fingerprint density at radius 2 is 1.42 bits per heavy atom. The third-order valence-electron chi connectivity index (χ3n) is 5.23. The second-order valence-electron chi connectivity index (χ2n) is 7.25. The van der Waals surface area contributed by atoms with E-state index in [9.17, 15) is 0 Å². The molecular weight excluding hydrogens is 316 g/mol. The first-order valence-corrected chi connectivity index (χ1v) is 9.15. The molecule has 0 spiro atoms. The van der Waals surface area contributed by atoms with Gasteiger partial charge in [-0.05, 0) is 51.6 Å². The fourth-order valence-corrected chi connectivity index (χ4v) is 3.82. The van der Waals surface area contributed by atoms with Crippen molar-refractivity contribution in [2.75, 3.05) is 0 Å². The predicted octanol–water partition coefficient (Wildman–Crippen LogP) is 7.53. The molecule has 4 aromatic carbocycles. The number of hydrogen-bond acceptors (Lipinski definition) is 1. The van der Waals surface area contributed by atoms with Crippen molar-refractivity contribution in [1.29, 1.82) is 0 Å². The average molecular weight is 336 g/mol. The summed E-state index contributed by atoms with van der Waals surface area (Å²) in [6, 6.07) is 28.1. The molecule has 26 heavy (non-hydrogen) atoms. The number of para-hydroxylation sites is 1. The molecule has 0 N–H and O–H groups in total. The molecule has 0 saturated heterocycles. The number of benzene rings is 4. The van der Waals surface area contributed by atoms with Crippen molar-refractivity contribution in [2.45, 2.75) is 19.8 Å². The zero-order valence-electron chi connectivity index (χ0n) is 15.0. The minimum absolute atomic E-state index is 0.444. The van der Waals surface area contributed by atoms with Crippen LogP contribution in [-0.4, -0.2) is 0 Å². The summed E-state index contributed by atoms with van der Waals surface area (Å²) in [5.41, 5.74) is 5.71. The lowest BCUT2D eigenvalue weighted by Gasteiger charge is -2.05. The first-order chi connectivity index (χ1) is 12.7. The van der Waals surface area contributed by atoms with E-state index < -0.39 is 0 Å². The van der Waals surface area contributed by atoms with Crippen LogP contribution >= 0.6 is 0 Å². The minimum Gasteiger partial charge on any atom is -0.456 e. The van der Waals surface area contributed by atoms with Crippen LogP contribution in [-0.2, 0) is 0 Å². The van der Waals surface area contributed by atoms with Crippen LogP contribution in [0.5, 0.6) is 0 Å². The van der Waals surface area contributed by atoms with Gasteiger partial charge in [-0.25, -0.2) is 0 Å². The van der Waals surface area contributed by atoms with E-state index in [1.165, 1.54) is 38.2 Å². The maximum absolute atomic E-state index is 6.21. The number of furan rings is 1. The molecule has 0 radical (unpaired) electrons. The van der Waals surface area contributed by atoms with E-state index in [2.05, 4.69) is 92.7 Å². The molecule has 1 nitrogen and oxygen atoms in total. The van der Waals surface area contributed by atoms with E-state index in [-0.39, 0.29) is 0 Å². The van der Waals surface area contributed by atoms with Gasteiger partial charge in [0.1, 0.15) is 11.2 Å². The largest absolute Gasteiger partial charge is 0.456 e. The Balaban J connectivity index is 1.73. The van der Waals surface area contributed by atoms with Gasteiger partial charge in [-0.1, -0.05) is 74.5 Å². The van der Waals surface area contributed by atoms with Gasteiger partial charge in [0, 0.05) is 10.8 Å². The van der Waals surface area contributed by atoms with Crippen molar-refractivity contribution in [3.8, 4) is 11.1 Å². The summed E-state index contributed by atoms with van der Waals surface area (Å²) >= 11 is 0. The van der Waals surface area contributed by atoms with Gasteiger partial charge in [0.2, 0.25) is 0 Å². The summed E-state index contributed by atoms with van der Waals surface area (Å²) in [6.07, 6.45) is 0. The third kappa shape index (κ3) is 2.32. The Bertz CT molecular complexity index is 1260. The van der Waals surface area contributed by atoms with E-state index in [0.717, 1.165) is 11.2 Å². The zero-order valence-corrected chi connectivity index (χ0v) is 15.0. The monoisotopic (exact) mass is 336 g/mol. The van der Waals surface area contributed by atoms with Crippen LogP contribution in [0.25, 0.3) is 43.8 Å². The maximum Gasteiger partial charge on any atom is 0.138 e. The molecule has 126 valence electrons. The lowest BCUT2D eigenvalue weighted by atomic mass is 9.98. The van der Waals surface area contributed by atoms with Gasteiger partial charge in [0.25, 0.3) is 0 Å². The summed E-state index contributed by atoms with van der Waals surface area (Å²) in [7, 11) is 0. The summed E-state index contributed by atoms with van der Waals surface area (Å²) in [5.74, 6) is 0.444. The molecule has 0 atom stereocenters. The molecule has 0 unspecified atom stereocenters. The molecule has 5 rings (SSSR count). The highest BCUT2D eigenvalue weighted by Crippen LogP contribution is 2.36. The summed E-state index contributed by atoms with van der Waals surface area (Å²) in [5, 5.41) is 4.93. The van der Waals surface area contributed by atoms with Gasteiger partial charge in [-0.3, -0.25) is 0 Å². The van der Waals surface area contributed by atoms with Crippen molar-refractivity contribution >= 4 is 32.7 Å². The Kier molecular flexibility index (Phi) is 3.36. The van der Waals surface area contributed by atoms with Gasteiger partial charge in [-0.15, -0.1) is 0 Å². The van der Waals surface area contributed by atoms with Gasteiger partial charge in [0.15, 0.2) is 0 Å². The van der Waals surface area contributed by atoms with E-state index in [1.54, 1.807) is 0 Å². The van der Waals surface area contributed by atoms with E-state index in [0.29, 0.717) is 5.92 Å². The second kappa shape index (κ2) is 5.74. The molecule has 0 bridgehead atoms. The lowest BCUT2D eigenvalue weighted by molar-refractivity contribution is 0.657. The standard InChI is InChI=1S/C25H20O/c1-16(2)21-8-5-9-22-23-15-20(12-13-24(23)26-25(21)22)19-11-10-17-6-3-4-7-18(17)14-19/h3-16H,1-2H3. The van der Waals surface area contributed by atoms with Crippen molar-refractivity contribution in [1.82, 2.24) is 0 Å². The molecule has 0 aliphatic heterocycles. The van der Waals surface area contributed by atoms with Crippen LogP contribution < -0.4 is 0 Å². The molecule has 0 amide bonds. The van der Waals surface area contributed by atoms with Crippen LogP contribution in [0.15, 0.2) is 83.3 Å². The van der Waals surface area contributed by atoms with E-state index >= 15 is 0 Å². The van der Waals surface area contributed by atoms with E-state index in [4.69, 9.17) is 4.42 Å². The molecule has 0 aliphatic rings. The molecule has 1 aromatic heterocycles. The fraction of sp³-hybridized carbons (Fsp3) is 0.120. The van der Waals surface area contributed by atoms with Gasteiger partial charge >= 0.3 is 0 Å². The highest BCUT2D eigenvalue weighted by atomic mass is 16.3. The number of hydrogen-bond donors (Lipinski definition) is 0. The number of rotatable bonds is 2. The topological polar surface area (TPSA) is 13.1 Å². The smallest absolute Gasteiger partial charge is 0.138 e. The fourth-order valence-electron chi connectivity index (χ4n) is 3.82. The lowest BCUT2D eigenvalue weighted by Crippen LogP contribution is -1.86. The summed E-state index contributed by atoms with van der Waals surface area (Å²) < 4.78 is 6.21. The quantitative estimate of drug-likeness (QED) is 0.325. The van der Waals surface area contributed by atoms with Crippen molar-refractivity contribution in [3.63, 3.8) is 0 Å². The first kappa shape index (κ1) is 15.2. The van der Waals surface area contributed by atoms with Crippen LogP contribution in [0.4, 0.5) is 0 Å². The minimum atomic E-state index is 0.444. The number of fused-ring (bicyclic) bond motifs is 4. The predicted molar refractivity (Wildman–Crippen MR) is 111 cm³/mol. The van der Waals surface area contributed by atoms with E-state index in [1.807, 2.05) is 0 Å². The normalized spacial score (nSPS) is 11.8. The Labute approximate surface area is 152 Å². The Hall–Kier alpha value is -3.06. The Morgan fingerprint density at radius 1 is 0.654 bits per heavy atom. The zero-order chi connectivity index (χ0) is 17.7. The third-order valence-corrected chi connectivity index (χ3v) is 5.23. The van der Waals surface area contributed by atoms with Crippen LogP contribution in [0, 0.1) is 0 Å². The van der Waals surface area contributed by atoms with Crippen LogP contribution in [0.3, 0.4) is 0 Å². The van der Waals surface area contributed by atoms with Gasteiger partial charge in [-0.2, -0.15) is 0 Å². The van der Waals surface area contributed by atoms with Crippen molar-refractivity contribution in [2.24, 2.45) is 0 Å². The molecule has 0 fully saturated rings. The second-order valence-corrected chi connectivity index (χ2v) is 7.25. The van der Waals surface area contributed by atoms with Crippen molar-refractivity contribution in [3.05, 3.63) is 84.4 Å². The highest BCUT2D eigenvalue weighted by Gasteiger charge is 2.13. The van der Waals surface area contributed by atoms with Gasteiger partial charge < -0.3 is 4.42 Å². The average Bonchev–Trinajstić information content (AvgIpc) is 3.05. The molecule has 0 aliphatic carbocycles. The maximum atomic E-state index is 6.21. The molecule has 1 heteroatoms.